The molecular formula is C17H23F3N2O3S. The second kappa shape index (κ2) is 8.39. The second-order valence-electron chi connectivity index (χ2n) is 6.26. The number of benzene rings is 1. The van der Waals surface area contributed by atoms with Gasteiger partial charge in [-0.05, 0) is 30.7 Å². The molecule has 1 aliphatic heterocycles. The summed E-state index contributed by atoms with van der Waals surface area (Å²) in [4.78, 5) is 13.6. The smallest absolute Gasteiger partial charge is 0.340 e. The molecule has 0 bridgehead atoms. The van der Waals surface area contributed by atoms with Gasteiger partial charge in [-0.1, -0.05) is 19.8 Å². The van der Waals surface area contributed by atoms with Gasteiger partial charge in [-0.3, -0.25) is 4.79 Å². The lowest BCUT2D eigenvalue weighted by molar-refractivity contribution is -0.137. The minimum absolute atomic E-state index is 0.0185. The quantitative estimate of drug-likeness (QED) is 0.699. The molecule has 2 rings (SSSR count). The average Bonchev–Trinajstić information content (AvgIpc) is 2.61. The summed E-state index contributed by atoms with van der Waals surface area (Å²) in [6.07, 6.45) is -1.23. The van der Waals surface area contributed by atoms with Gasteiger partial charge in [0.05, 0.1) is 10.5 Å². The number of amides is 1. The van der Waals surface area contributed by atoms with Crippen LogP contribution in [0.4, 0.5) is 13.2 Å². The third-order valence-corrected chi connectivity index (χ3v) is 6.32. The number of halogens is 3. The van der Waals surface area contributed by atoms with E-state index in [0.29, 0.717) is 19.5 Å². The molecule has 0 spiro atoms. The van der Waals surface area contributed by atoms with Gasteiger partial charge in [0, 0.05) is 32.6 Å². The van der Waals surface area contributed by atoms with Crippen molar-refractivity contribution < 1.29 is 26.4 Å². The van der Waals surface area contributed by atoms with Gasteiger partial charge in [0.15, 0.2) is 0 Å². The van der Waals surface area contributed by atoms with Crippen LogP contribution in [0.15, 0.2) is 29.2 Å². The molecule has 0 radical (unpaired) electrons. The van der Waals surface area contributed by atoms with E-state index in [4.69, 9.17) is 0 Å². The van der Waals surface area contributed by atoms with E-state index in [1.807, 2.05) is 0 Å². The van der Waals surface area contributed by atoms with E-state index in [1.165, 1.54) is 4.31 Å². The molecule has 9 heteroatoms. The minimum atomic E-state index is -4.51. The van der Waals surface area contributed by atoms with Crippen LogP contribution in [0.25, 0.3) is 0 Å². The fraction of sp³-hybridized carbons (Fsp3) is 0.588. The van der Waals surface area contributed by atoms with Crippen molar-refractivity contribution in [2.75, 3.05) is 26.2 Å². The number of alkyl halides is 3. The summed E-state index contributed by atoms with van der Waals surface area (Å²) in [6, 6.07) is 3.47. The van der Waals surface area contributed by atoms with Gasteiger partial charge in [-0.2, -0.15) is 17.5 Å². The number of sulfonamides is 1. The molecule has 1 aliphatic rings. The standard InChI is InChI=1S/C17H23F3N2O3S/c1-2-3-4-5-16(23)21-10-12-22(13-11-21)26(24,25)15-8-6-14(7-9-15)17(18,19)20/h6-9H,2-5,10-13H2,1H3. The Bertz CT molecular complexity index is 710. The van der Waals surface area contributed by atoms with Gasteiger partial charge in [-0.25, -0.2) is 8.42 Å². The maximum absolute atomic E-state index is 12.6. The molecular weight excluding hydrogens is 369 g/mol. The van der Waals surface area contributed by atoms with E-state index < -0.39 is 21.8 Å². The first kappa shape index (κ1) is 20.7. The van der Waals surface area contributed by atoms with Crippen LogP contribution in [0.5, 0.6) is 0 Å². The third kappa shape index (κ3) is 4.97. The van der Waals surface area contributed by atoms with Gasteiger partial charge in [0.2, 0.25) is 15.9 Å². The first-order valence-corrected chi connectivity index (χ1v) is 10.1. The fourth-order valence-electron chi connectivity index (χ4n) is 2.83. The average molecular weight is 392 g/mol. The largest absolute Gasteiger partial charge is 0.416 e. The highest BCUT2D eigenvalue weighted by molar-refractivity contribution is 7.89. The molecule has 5 nitrogen and oxygen atoms in total. The Morgan fingerprint density at radius 1 is 1.04 bits per heavy atom. The van der Waals surface area contributed by atoms with E-state index in [2.05, 4.69) is 6.92 Å². The number of carbonyl (C=O) groups excluding carboxylic acids is 1. The Kier molecular flexibility index (Phi) is 6.68. The molecule has 26 heavy (non-hydrogen) atoms. The summed E-state index contributed by atoms with van der Waals surface area (Å²) in [7, 11) is -3.87. The number of nitrogens with zero attached hydrogens (tertiary/aromatic N) is 2. The van der Waals surface area contributed by atoms with Crippen molar-refractivity contribution in [1.82, 2.24) is 9.21 Å². The second-order valence-corrected chi connectivity index (χ2v) is 8.20. The number of hydrogen-bond donors (Lipinski definition) is 0. The van der Waals surface area contributed by atoms with Crippen molar-refractivity contribution in [1.29, 1.82) is 0 Å². The van der Waals surface area contributed by atoms with Crippen molar-refractivity contribution in [2.24, 2.45) is 0 Å². The van der Waals surface area contributed by atoms with Crippen LogP contribution < -0.4 is 0 Å². The van der Waals surface area contributed by atoms with Crippen LogP contribution >= 0.6 is 0 Å². The van der Waals surface area contributed by atoms with Crippen molar-refractivity contribution >= 4 is 15.9 Å². The Labute approximate surface area is 151 Å². The lowest BCUT2D eigenvalue weighted by Crippen LogP contribution is -2.50. The molecule has 0 atom stereocenters. The van der Waals surface area contributed by atoms with E-state index in [9.17, 15) is 26.4 Å². The molecule has 0 saturated carbocycles. The summed E-state index contributed by atoms with van der Waals surface area (Å²) < 4.78 is 64.2. The van der Waals surface area contributed by atoms with Gasteiger partial charge in [0.1, 0.15) is 0 Å². The van der Waals surface area contributed by atoms with Gasteiger partial charge < -0.3 is 4.90 Å². The van der Waals surface area contributed by atoms with Crippen molar-refractivity contribution in [3.05, 3.63) is 29.8 Å². The Balaban J connectivity index is 1.98. The molecule has 1 fully saturated rings. The van der Waals surface area contributed by atoms with Crippen LogP contribution in [0.1, 0.15) is 38.2 Å². The zero-order chi connectivity index (χ0) is 19.4. The first-order chi connectivity index (χ1) is 12.2. The zero-order valence-electron chi connectivity index (χ0n) is 14.6. The molecule has 0 N–H and O–H groups in total. The molecule has 0 unspecified atom stereocenters. The van der Waals surface area contributed by atoms with Crippen LogP contribution in [-0.2, 0) is 21.0 Å². The highest BCUT2D eigenvalue weighted by Gasteiger charge is 2.33. The molecule has 1 amide bonds. The zero-order valence-corrected chi connectivity index (χ0v) is 15.4. The molecule has 1 aromatic carbocycles. The monoisotopic (exact) mass is 392 g/mol. The van der Waals surface area contributed by atoms with E-state index >= 15 is 0 Å². The molecule has 1 heterocycles. The molecule has 1 saturated heterocycles. The number of hydrogen-bond acceptors (Lipinski definition) is 3. The molecule has 0 aliphatic carbocycles. The van der Waals surface area contributed by atoms with Gasteiger partial charge in [-0.15, -0.1) is 0 Å². The molecule has 146 valence electrons. The summed E-state index contributed by atoms with van der Waals surface area (Å²) in [5, 5.41) is 0. The maximum atomic E-state index is 12.6. The summed E-state index contributed by atoms with van der Waals surface area (Å²) in [5.41, 5.74) is -0.890. The number of unbranched alkanes of at least 4 members (excludes halogenated alkanes) is 2. The number of rotatable bonds is 6. The first-order valence-electron chi connectivity index (χ1n) is 8.61. The van der Waals surface area contributed by atoms with Crippen LogP contribution in [-0.4, -0.2) is 49.7 Å². The van der Waals surface area contributed by atoms with Crippen molar-refractivity contribution in [3.63, 3.8) is 0 Å². The topological polar surface area (TPSA) is 57.7 Å². The van der Waals surface area contributed by atoms with Crippen molar-refractivity contribution in [3.8, 4) is 0 Å². The normalized spacial score (nSPS) is 16.7. The van der Waals surface area contributed by atoms with E-state index in [-0.39, 0.29) is 23.9 Å². The van der Waals surface area contributed by atoms with Crippen molar-refractivity contribution in [2.45, 2.75) is 43.7 Å². The number of piperazine rings is 1. The maximum Gasteiger partial charge on any atom is 0.416 e. The van der Waals surface area contributed by atoms with Gasteiger partial charge in [0.25, 0.3) is 0 Å². The summed E-state index contributed by atoms with van der Waals surface area (Å²) in [5.74, 6) is 0.0185. The lowest BCUT2D eigenvalue weighted by atomic mass is 10.2. The predicted octanol–water partition coefficient (Wildman–Crippen LogP) is 3.12. The van der Waals surface area contributed by atoms with Crippen LogP contribution in [0.3, 0.4) is 0 Å². The fourth-order valence-corrected chi connectivity index (χ4v) is 4.25. The Morgan fingerprint density at radius 3 is 2.12 bits per heavy atom. The Hall–Kier alpha value is -1.61. The van der Waals surface area contributed by atoms with Crippen LogP contribution in [0, 0.1) is 0 Å². The van der Waals surface area contributed by atoms with E-state index in [1.54, 1.807) is 4.90 Å². The van der Waals surface area contributed by atoms with Gasteiger partial charge >= 0.3 is 6.18 Å². The molecule has 0 aromatic heterocycles. The highest BCUT2D eigenvalue weighted by atomic mass is 32.2. The lowest BCUT2D eigenvalue weighted by Gasteiger charge is -2.34. The predicted molar refractivity (Wildman–Crippen MR) is 90.9 cm³/mol. The summed E-state index contributed by atoms with van der Waals surface area (Å²) in [6.45, 7) is 2.93. The third-order valence-electron chi connectivity index (χ3n) is 4.40. The van der Waals surface area contributed by atoms with E-state index in [0.717, 1.165) is 43.5 Å². The minimum Gasteiger partial charge on any atom is -0.340 e. The summed E-state index contributed by atoms with van der Waals surface area (Å²) >= 11 is 0. The SMILES string of the molecule is CCCCCC(=O)N1CCN(S(=O)(=O)c2ccc(C(F)(F)F)cc2)CC1. The highest BCUT2D eigenvalue weighted by Crippen LogP contribution is 2.30. The number of carbonyl (C=O) groups is 1. The van der Waals surface area contributed by atoms with Crippen LogP contribution in [0.2, 0.25) is 0 Å². The Morgan fingerprint density at radius 2 is 1.62 bits per heavy atom. The molecule has 1 aromatic rings.